The van der Waals surface area contributed by atoms with Crippen LogP contribution in [0, 0.1) is 11.3 Å². The van der Waals surface area contributed by atoms with Gasteiger partial charge in [0.15, 0.2) is 0 Å². The molecule has 0 heterocycles. The summed E-state index contributed by atoms with van der Waals surface area (Å²) < 4.78 is 5.55. The lowest BCUT2D eigenvalue weighted by Crippen LogP contribution is -2.38. The molecule has 1 saturated carbocycles. The van der Waals surface area contributed by atoms with Crippen LogP contribution in [0.5, 0.6) is 5.75 Å². The Hall–Kier alpha value is -2.40. The van der Waals surface area contributed by atoms with Gasteiger partial charge >= 0.3 is 0 Å². The molecule has 2 unspecified atom stereocenters. The molecule has 3 N–H and O–H groups in total. The maximum absolute atomic E-state index is 12.9. The van der Waals surface area contributed by atoms with E-state index in [2.05, 4.69) is 0 Å². The highest BCUT2D eigenvalue weighted by Gasteiger charge is 2.27. The highest BCUT2D eigenvalue weighted by molar-refractivity contribution is 5.97. The number of carbonyl (C=O) groups is 1. The number of allylic oxidation sites excluding steroid dienone is 3. The van der Waals surface area contributed by atoms with Crippen LogP contribution in [0.25, 0.3) is 0 Å². The molecule has 0 spiro atoms. The van der Waals surface area contributed by atoms with Crippen LogP contribution in [0.4, 0.5) is 0 Å². The molecule has 3 rings (SSSR count). The molecule has 5 heteroatoms. The smallest absolute Gasteiger partial charge is 0.253 e. The Morgan fingerprint density at radius 1 is 1.26 bits per heavy atom. The van der Waals surface area contributed by atoms with Crippen molar-refractivity contribution in [3.63, 3.8) is 0 Å². The van der Waals surface area contributed by atoms with Gasteiger partial charge in [0.25, 0.3) is 5.91 Å². The van der Waals surface area contributed by atoms with Gasteiger partial charge in [0, 0.05) is 41.9 Å². The van der Waals surface area contributed by atoms with Crippen molar-refractivity contribution in [2.24, 2.45) is 11.7 Å². The second-order valence-electron chi connectivity index (χ2n) is 7.42. The number of rotatable bonds is 5. The quantitative estimate of drug-likeness (QED) is 0.829. The van der Waals surface area contributed by atoms with Gasteiger partial charge in [-0.1, -0.05) is 43.6 Å². The maximum Gasteiger partial charge on any atom is 0.253 e. The number of nitrogens with two attached hydrogens (primary N) is 1. The average Bonchev–Trinajstić information content (AvgIpc) is 2.72. The maximum atomic E-state index is 12.9. The van der Waals surface area contributed by atoms with Crippen molar-refractivity contribution in [1.29, 1.82) is 5.41 Å². The van der Waals surface area contributed by atoms with E-state index in [1.807, 2.05) is 42.3 Å². The predicted octanol–water partition coefficient (Wildman–Crippen LogP) is 3.86. The zero-order valence-corrected chi connectivity index (χ0v) is 16.2. The summed E-state index contributed by atoms with van der Waals surface area (Å²) >= 11 is 0. The van der Waals surface area contributed by atoms with Gasteiger partial charge in [-0.05, 0) is 31.1 Å². The lowest BCUT2D eigenvalue weighted by Gasteiger charge is -2.31. The van der Waals surface area contributed by atoms with E-state index in [1.54, 1.807) is 19.3 Å². The molecule has 1 fully saturated rings. The number of carbonyl (C=O) groups excluding carboxylic acids is 1. The molecule has 5 nitrogen and oxygen atoms in total. The van der Waals surface area contributed by atoms with E-state index in [0.29, 0.717) is 23.1 Å². The Balaban J connectivity index is 1.81. The predicted molar refractivity (Wildman–Crippen MR) is 108 cm³/mol. The summed E-state index contributed by atoms with van der Waals surface area (Å²) in [4.78, 5) is 14.8. The fourth-order valence-corrected chi connectivity index (χ4v) is 4.02. The van der Waals surface area contributed by atoms with Crippen molar-refractivity contribution in [2.45, 2.75) is 44.2 Å². The molecule has 2 atom stereocenters. The zero-order chi connectivity index (χ0) is 19.4. The molecule has 0 saturated heterocycles. The molecule has 1 aromatic rings. The Labute approximate surface area is 161 Å². The van der Waals surface area contributed by atoms with Crippen molar-refractivity contribution in [2.75, 3.05) is 14.2 Å². The SMILES string of the molecule is COc1cc(C(=O)N(C)C2CCCCC2)ccc1C(N)C1C=CC=CC1=N. The topological polar surface area (TPSA) is 79.4 Å². The second kappa shape index (κ2) is 8.53. The first-order chi connectivity index (χ1) is 13.0. The summed E-state index contributed by atoms with van der Waals surface area (Å²) in [6.45, 7) is 0. The van der Waals surface area contributed by atoms with Crippen LogP contribution in [0.1, 0.15) is 54.1 Å². The van der Waals surface area contributed by atoms with E-state index in [4.69, 9.17) is 15.9 Å². The number of methoxy groups -OCH3 is 1. The normalized spacial score (nSPS) is 21.1. The first-order valence-electron chi connectivity index (χ1n) is 9.67. The number of hydrogen-bond donors (Lipinski definition) is 2. The van der Waals surface area contributed by atoms with Gasteiger partial charge in [0.05, 0.1) is 7.11 Å². The summed E-state index contributed by atoms with van der Waals surface area (Å²) in [7, 11) is 3.48. The lowest BCUT2D eigenvalue weighted by molar-refractivity contribution is 0.0696. The van der Waals surface area contributed by atoms with Crippen LogP contribution in [-0.2, 0) is 0 Å². The van der Waals surface area contributed by atoms with Crippen molar-refractivity contribution >= 4 is 11.6 Å². The van der Waals surface area contributed by atoms with Crippen molar-refractivity contribution in [3.8, 4) is 5.75 Å². The summed E-state index contributed by atoms with van der Waals surface area (Å²) in [6, 6.07) is 5.40. The zero-order valence-electron chi connectivity index (χ0n) is 16.2. The third-order valence-electron chi connectivity index (χ3n) is 5.73. The van der Waals surface area contributed by atoms with E-state index >= 15 is 0 Å². The number of benzene rings is 1. The summed E-state index contributed by atoms with van der Waals surface area (Å²) in [5.41, 5.74) is 8.34. The molecule has 1 aromatic carbocycles. The largest absolute Gasteiger partial charge is 0.496 e. The van der Waals surface area contributed by atoms with E-state index in [9.17, 15) is 4.79 Å². The first-order valence-corrected chi connectivity index (χ1v) is 9.67. The van der Waals surface area contributed by atoms with Gasteiger partial charge in [0.1, 0.15) is 5.75 Å². The van der Waals surface area contributed by atoms with E-state index in [-0.39, 0.29) is 11.8 Å². The minimum absolute atomic E-state index is 0.0218. The van der Waals surface area contributed by atoms with Crippen LogP contribution < -0.4 is 10.5 Å². The highest BCUT2D eigenvalue weighted by atomic mass is 16.5. The van der Waals surface area contributed by atoms with Gasteiger partial charge < -0.3 is 20.8 Å². The van der Waals surface area contributed by atoms with Crippen LogP contribution >= 0.6 is 0 Å². The van der Waals surface area contributed by atoms with Crippen LogP contribution in [0.15, 0.2) is 42.5 Å². The number of hydrogen-bond acceptors (Lipinski definition) is 4. The molecular weight excluding hydrogens is 338 g/mol. The Bertz CT molecular complexity index is 763. The third kappa shape index (κ3) is 4.14. The monoisotopic (exact) mass is 367 g/mol. The number of nitrogens with one attached hydrogen (secondary N) is 1. The van der Waals surface area contributed by atoms with Crippen molar-refractivity contribution in [3.05, 3.63) is 53.6 Å². The molecule has 0 aliphatic heterocycles. The Morgan fingerprint density at radius 2 is 2.00 bits per heavy atom. The van der Waals surface area contributed by atoms with E-state index in [0.717, 1.165) is 18.4 Å². The van der Waals surface area contributed by atoms with Crippen molar-refractivity contribution in [1.82, 2.24) is 4.90 Å². The summed E-state index contributed by atoms with van der Waals surface area (Å²) in [5, 5.41) is 8.11. The average molecular weight is 367 g/mol. The van der Waals surface area contributed by atoms with E-state index < -0.39 is 6.04 Å². The van der Waals surface area contributed by atoms with Crippen molar-refractivity contribution < 1.29 is 9.53 Å². The van der Waals surface area contributed by atoms with Gasteiger partial charge in [-0.15, -0.1) is 0 Å². The third-order valence-corrected chi connectivity index (χ3v) is 5.73. The fourth-order valence-electron chi connectivity index (χ4n) is 4.02. The Morgan fingerprint density at radius 3 is 2.67 bits per heavy atom. The molecule has 1 amide bonds. The summed E-state index contributed by atoms with van der Waals surface area (Å²) in [6.07, 6.45) is 13.2. The van der Waals surface area contributed by atoms with Crippen LogP contribution in [0.2, 0.25) is 0 Å². The molecule has 0 bridgehead atoms. The number of amides is 1. The number of nitrogens with zero attached hydrogens (tertiary/aromatic N) is 1. The van der Waals surface area contributed by atoms with E-state index in [1.165, 1.54) is 19.3 Å². The minimum Gasteiger partial charge on any atom is -0.496 e. The highest BCUT2D eigenvalue weighted by Crippen LogP contribution is 2.32. The molecule has 0 radical (unpaired) electrons. The van der Waals surface area contributed by atoms with Gasteiger partial charge in [0.2, 0.25) is 0 Å². The first kappa shape index (κ1) is 19.4. The van der Waals surface area contributed by atoms with Gasteiger partial charge in [-0.2, -0.15) is 0 Å². The van der Waals surface area contributed by atoms with Gasteiger partial charge in [-0.25, -0.2) is 0 Å². The minimum atomic E-state index is -0.395. The number of ether oxygens (including phenoxy) is 1. The molecule has 27 heavy (non-hydrogen) atoms. The van der Waals surface area contributed by atoms with Gasteiger partial charge in [-0.3, -0.25) is 4.79 Å². The summed E-state index contributed by atoms with van der Waals surface area (Å²) in [5.74, 6) is 0.421. The molecular formula is C22H29N3O2. The molecule has 2 aliphatic rings. The molecule has 0 aromatic heterocycles. The van der Waals surface area contributed by atoms with Crippen LogP contribution in [-0.4, -0.2) is 36.7 Å². The Kier molecular flexibility index (Phi) is 6.11. The van der Waals surface area contributed by atoms with Crippen LogP contribution in [0.3, 0.4) is 0 Å². The standard InChI is InChI=1S/C22H29N3O2/c1-25(16-8-4-3-5-9-16)22(26)15-12-13-18(20(14-15)27-2)21(24)17-10-6-7-11-19(17)23/h6-7,10-14,16-17,21,23H,3-5,8-9,24H2,1-2H3. The molecule has 2 aliphatic carbocycles. The fraction of sp³-hybridized carbons (Fsp3) is 0.455. The second-order valence-corrected chi connectivity index (χ2v) is 7.42. The molecule has 144 valence electrons. The lowest BCUT2D eigenvalue weighted by atomic mass is 9.86.